The minimum atomic E-state index is -0.665. The van der Waals surface area contributed by atoms with Crippen molar-refractivity contribution in [2.45, 2.75) is 38.2 Å². The molecule has 0 radical (unpaired) electrons. The van der Waals surface area contributed by atoms with E-state index in [0.29, 0.717) is 22.9 Å². The largest absolute Gasteiger partial charge is 0.496 e. The smallest absolute Gasteiger partial charge is 0.126 e. The summed E-state index contributed by atoms with van der Waals surface area (Å²) in [6, 6.07) is 5.44. The van der Waals surface area contributed by atoms with Crippen LogP contribution in [-0.4, -0.2) is 18.8 Å². The molecule has 1 aliphatic rings. The molecule has 1 aliphatic carbocycles. The molecule has 0 bridgehead atoms. The van der Waals surface area contributed by atoms with Crippen LogP contribution in [0.2, 0.25) is 5.02 Å². The number of hydrogen-bond donors (Lipinski definition) is 2. The van der Waals surface area contributed by atoms with Gasteiger partial charge < -0.3 is 15.6 Å². The number of benzene rings is 1. The molecule has 0 heterocycles. The quantitative estimate of drug-likeness (QED) is 0.891. The lowest BCUT2D eigenvalue weighted by molar-refractivity contribution is -0.000631. The number of ether oxygens (including phenoxy) is 1. The first kappa shape index (κ1) is 14.6. The molecule has 0 aromatic heterocycles. The summed E-state index contributed by atoms with van der Waals surface area (Å²) in [6.45, 7) is 0.475. The van der Waals surface area contributed by atoms with Gasteiger partial charge in [0.2, 0.25) is 0 Å². The zero-order chi connectivity index (χ0) is 13.9. The highest BCUT2D eigenvalue weighted by atomic mass is 35.5. The van der Waals surface area contributed by atoms with E-state index in [1.54, 1.807) is 13.2 Å². The molecule has 1 atom stereocenters. The number of methoxy groups -OCH3 is 1. The lowest BCUT2D eigenvalue weighted by Gasteiger charge is -2.41. The van der Waals surface area contributed by atoms with Gasteiger partial charge >= 0.3 is 0 Å². The van der Waals surface area contributed by atoms with E-state index in [4.69, 9.17) is 22.1 Å². The molecule has 0 saturated heterocycles. The number of nitrogens with two attached hydrogens (primary N) is 1. The van der Waals surface area contributed by atoms with E-state index in [0.717, 1.165) is 25.7 Å². The summed E-state index contributed by atoms with van der Waals surface area (Å²) >= 11 is 6.26. The number of aliphatic hydroxyl groups excluding tert-OH is 1. The van der Waals surface area contributed by atoms with Crippen molar-refractivity contribution >= 4 is 11.6 Å². The molecule has 2 rings (SSSR count). The molecule has 1 unspecified atom stereocenters. The van der Waals surface area contributed by atoms with Crippen molar-refractivity contribution in [1.82, 2.24) is 0 Å². The molecule has 0 aliphatic heterocycles. The Morgan fingerprint density at radius 1 is 1.37 bits per heavy atom. The van der Waals surface area contributed by atoms with Gasteiger partial charge in [-0.3, -0.25) is 0 Å². The van der Waals surface area contributed by atoms with Gasteiger partial charge in [0, 0.05) is 17.5 Å². The Kier molecular flexibility index (Phi) is 4.71. The fourth-order valence-corrected chi connectivity index (χ4v) is 3.38. The van der Waals surface area contributed by atoms with Gasteiger partial charge in [-0.05, 0) is 25.0 Å². The maximum absolute atomic E-state index is 10.8. The fourth-order valence-electron chi connectivity index (χ4n) is 3.11. The second-order valence-corrected chi connectivity index (χ2v) is 5.79. The molecule has 1 saturated carbocycles. The van der Waals surface area contributed by atoms with E-state index >= 15 is 0 Å². The minimum Gasteiger partial charge on any atom is -0.496 e. The van der Waals surface area contributed by atoms with Crippen molar-refractivity contribution in [2.75, 3.05) is 13.7 Å². The second-order valence-electron chi connectivity index (χ2n) is 5.39. The van der Waals surface area contributed by atoms with Crippen LogP contribution in [0.1, 0.15) is 43.8 Å². The first-order chi connectivity index (χ1) is 9.14. The lowest BCUT2D eigenvalue weighted by atomic mass is 9.68. The molecule has 1 aromatic rings. The normalized spacial score (nSPS) is 20.0. The summed E-state index contributed by atoms with van der Waals surface area (Å²) in [5.74, 6) is 0.637. The Bertz CT molecular complexity index is 430. The van der Waals surface area contributed by atoms with E-state index in [-0.39, 0.29) is 5.41 Å². The molecule has 1 aromatic carbocycles. The average molecular weight is 284 g/mol. The van der Waals surface area contributed by atoms with E-state index in [9.17, 15) is 5.11 Å². The van der Waals surface area contributed by atoms with Crippen molar-refractivity contribution in [3.8, 4) is 5.75 Å². The third kappa shape index (κ3) is 2.73. The molecular weight excluding hydrogens is 262 g/mol. The van der Waals surface area contributed by atoms with Crippen LogP contribution in [0.4, 0.5) is 0 Å². The topological polar surface area (TPSA) is 55.5 Å². The van der Waals surface area contributed by atoms with Crippen LogP contribution in [0.25, 0.3) is 0 Å². The van der Waals surface area contributed by atoms with Crippen LogP contribution < -0.4 is 10.5 Å². The summed E-state index contributed by atoms with van der Waals surface area (Å²) in [7, 11) is 1.60. The Morgan fingerprint density at radius 3 is 2.63 bits per heavy atom. The molecule has 4 heteroatoms. The Morgan fingerprint density at radius 2 is 2.05 bits per heavy atom. The SMILES string of the molecule is COc1cccc(Cl)c1C(O)C1(CN)CCCCC1. The van der Waals surface area contributed by atoms with Crippen LogP contribution in [-0.2, 0) is 0 Å². The Hall–Kier alpha value is -0.770. The summed E-state index contributed by atoms with van der Waals surface area (Å²) in [5.41, 5.74) is 6.39. The molecule has 0 spiro atoms. The van der Waals surface area contributed by atoms with Crippen LogP contribution in [0.5, 0.6) is 5.75 Å². The molecular formula is C15H22ClNO2. The van der Waals surface area contributed by atoms with Crippen LogP contribution in [0, 0.1) is 5.41 Å². The fraction of sp³-hybridized carbons (Fsp3) is 0.600. The van der Waals surface area contributed by atoms with Gasteiger partial charge in [-0.1, -0.05) is 36.9 Å². The van der Waals surface area contributed by atoms with Crippen molar-refractivity contribution in [3.63, 3.8) is 0 Å². The maximum Gasteiger partial charge on any atom is 0.126 e. The first-order valence-corrected chi connectivity index (χ1v) is 7.23. The molecule has 3 N–H and O–H groups in total. The summed E-state index contributed by atoms with van der Waals surface area (Å²) in [6.07, 6.45) is 4.66. The van der Waals surface area contributed by atoms with E-state index in [1.165, 1.54) is 6.42 Å². The summed E-state index contributed by atoms with van der Waals surface area (Å²) < 4.78 is 5.34. The highest BCUT2D eigenvalue weighted by molar-refractivity contribution is 6.31. The van der Waals surface area contributed by atoms with Gasteiger partial charge in [0.15, 0.2) is 0 Å². The maximum atomic E-state index is 10.8. The first-order valence-electron chi connectivity index (χ1n) is 6.85. The van der Waals surface area contributed by atoms with E-state index < -0.39 is 6.10 Å². The zero-order valence-corrected chi connectivity index (χ0v) is 12.1. The van der Waals surface area contributed by atoms with Crippen LogP contribution in [0.15, 0.2) is 18.2 Å². The van der Waals surface area contributed by atoms with Crippen molar-refractivity contribution < 1.29 is 9.84 Å². The highest BCUT2D eigenvalue weighted by Gasteiger charge is 2.40. The second kappa shape index (κ2) is 6.12. The zero-order valence-electron chi connectivity index (χ0n) is 11.4. The average Bonchev–Trinajstić information content (AvgIpc) is 2.47. The van der Waals surface area contributed by atoms with Crippen molar-refractivity contribution in [3.05, 3.63) is 28.8 Å². The standard InChI is InChI=1S/C15H22ClNO2/c1-19-12-7-5-6-11(16)13(12)14(18)15(10-17)8-3-2-4-9-15/h5-7,14,18H,2-4,8-10,17H2,1H3. The van der Waals surface area contributed by atoms with Crippen LogP contribution >= 0.6 is 11.6 Å². The molecule has 1 fully saturated rings. The minimum absolute atomic E-state index is 0.267. The Balaban J connectivity index is 2.39. The number of halogens is 1. The third-order valence-electron chi connectivity index (χ3n) is 4.34. The molecule has 3 nitrogen and oxygen atoms in total. The Labute approximate surface area is 119 Å². The predicted octanol–water partition coefficient (Wildman–Crippen LogP) is 3.29. The predicted molar refractivity (Wildman–Crippen MR) is 77.5 cm³/mol. The lowest BCUT2D eigenvalue weighted by Crippen LogP contribution is -2.38. The van der Waals surface area contributed by atoms with Gasteiger partial charge in [0.05, 0.1) is 18.2 Å². The molecule has 106 valence electrons. The molecule has 0 amide bonds. The highest BCUT2D eigenvalue weighted by Crippen LogP contribution is 2.48. The van der Waals surface area contributed by atoms with E-state index in [1.807, 2.05) is 12.1 Å². The van der Waals surface area contributed by atoms with E-state index in [2.05, 4.69) is 0 Å². The third-order valence-corrected chi connectivity index (χ3v) is 4.67. The van der Waals surface area contributed by atoms with Crippen molar-refractivity contribution in [1.29, 1.82) is 0 Å². The van der Waals surface area contributed by atoms with Crippen molar-refractivity contribution in [2.24, 2.45) is 11.1 Å². The van der Waals surface area contributed by atoms with Gasteiger partial charge in [-0.25, -0.2) is 0 Å². The number of rotatable bonds is 4. The van der Waals surface area contributed by atoms with Gasteiger partial charge in [-0.2, -0.15) is 0 Å². The number of aliphatic hydroxyl groups is 1. The summed E-state index contributed by atoms with van der Waals surface area (Å²) in [5, 5.41) is 11.4. The summed E-state index contributed by atoms with van der Waals surface area (Å²) in [4.78, 5) is 0. The van der Waals surface area contributed by atoms with Gasteiger partial charge in [-0.15, -0.1) is 0 Å². The van der Waals surface area contributed by atoms with Gasteiger partial charge in [0.1, 0.15) is 5.75 Å². The van der Waals surface area contributed by atoms with Crippen LogP contribution in [0.3, 0.4) is 0 Å². The van der Waals surface area contributed by atoms with Gasteiger partial charge in [0.25, 0.3) is 0 Å². The monoisotopic (exact) mass is 283 g/mol. The number of hydrogen-bond acceptors (Lipinski definition) is 3. The molecule has 19 heavy (non-hydrogen) atoms.